The lowest BCUT2D eigenvalue weighted by Crippen LogP contribution is -2.39. The predicted molar refractivity (Wildman–Crippen MR) is 86.1 cm³/mol. The Labute approximate surface area is 138 Å². The fourth-order valence-electron chi connectivity index (χ4n) is 3.90. The number of nitrogens with one attached hydrogen (secondary N) is 3. The lowest BCUT2D eigenvalue weighted by molar-refractivity contribution is 0.0303. The molecule has 0 unspecified atom stereocenters. The van der Waals surface area contributed by atoms with E-state index < -0.39 is 15.8 Å². The zero-order chi connectivity index (χ0) is 16.4. The first-order valence-corrected chi connectivity index (χ1v) is 9.25. The molecule has 0 aliphatic heterocycles. The smallest absolute Gasteiger partial charge is 0.276 e. The Kier molecular flexibility index (Phi) is 3.27. The standard InChI is InChI=1S/C14H17ClN4O3S/c1-16-23(21,22)19-13-8-4-14(20,5-9(8)13)11-2-7(15)3-12-10(11)6-17-18-12/h2-3,6,8-9,13,16,19-20H,4-5H2,1H3,(H,17,18)/t8-,9+,13+,14-. The third-order valence-corrected chi connectivity index (χ3v) is 6.40. The normalized spacial score (nSPS) is 33.1. The number of aromatic nitrogens is 2. The Morgan fingerprint density at radius 1 is 1.39 bits per heavy atom. The van der Waals surface area contributed by atoms with Crippen molar-refractivity contribution in [3.63, 3.8) is 0 Å². The minimum absolute atomic E-state index is 0.105. The van der Waals surface area contributed by atoms with Crippen molar-refractivity contribution in [3.8, 4) is 0 Å². The summed E-state index contributed by atoms with van der Waals surface area (Å²) in [6.07, 6.45) is 2.70. The van der Waals surface area contributed by atoms with Gasteiger partial charge in [-0.3, -0.25) is 5.10 Å². The van der Waals surface area contributed by atoms with E-state index in [1.807, 2.05) is 0 Å². The number of aromatic amines is 1. The molecule has 4 atom stereocenters. The van der Waals surface area contributed by atoms with Gasteiger partial charge in [0.1, 0.15) is 0 Å². The summed E-state index contributed by atoms with van der Waals surface area (Å²) in [4.78, 5) is 0. The summed E-state index contributed by atoms with van der Waals surface area (Å²) in [5.74, 6) is 0.285. The minimum Gasteiger partial charge on any atom is -0.385 e. The van der Waals surface area contributed by atoms with Crippen molar-refractivity contribution < 1.29 is 13.5 Å². The summed E-state index contributed by atoms with van der Waals surface area (Å²) in [5.41, 5.74) is 0.550. The van der Waals surface area contributed by atoms with Gasteiger partial charge in [0.2, 0.25) is 0 Å². The third-order valence-electron chi connectivity index (χ3n) is 5.06. The summed E-state index contributed by atoms with van der Waals surface area (Å²) in [5, 5.41) is 19.4. The van der Waals surface area contributed by atoms with E-state index in [4.69, 9.17) is 11.6 Å². The van der Waals surface area contributed by atoms with Gasteiger partial charge < -0.3 is 5.11 Å². The molecule has 0 saturated heterocycles. The number of hydrogen-bond acceptors (Lipinski definition) is 4. The van der Waals surface area contributed by atoms with Crippen molar-refractivity contribution in [2.24, 2.45) is 11.8 Å². The van der Waals surface area contributed by atoms with Crippen LogP contribution in [0.25, 0.3) is 10.9 Å². The quantitative estimate of drug-likeness (QED) is 0.652. The van der Waals surface area contributed by atoms with Crippen LogP contribution in [0.4, 0.5) is 0 Å². The Morgan fingerprint density at radius 3 is 2.74 bits per heavy atom. The van der Waals surface area contributed by atoms with Gasteiger partial charge in [0.05, 0.1) is 17.3 Å². The van der Waals surface area contributed by atoms with Gasteiger partial charge in [0.15, 0.2) is 0 Å². The number of halogens is 1. The zero-order valence-corrected chi connectivity index (χ0v) is 13.9. The van der Waals surface area contributed by atoms with Crippen molar-refractivity contribution in [1.82, 2.24) is 19.6 Å². The topological polar surface area (TPSA) is 107 Å². The summed E-state index contributed by atoms with van der Waals surface area (Å²) < 4.78 is 28.0. The first-order valence-electron chi connectivity index (χ1n) is 7.39. The highest BCUT2D eigenvalue weighted by atomic mass is 35.5. The van der Waals surface area contributed by atoms with E-state index in [2.05, 4.69) is 19.6 Å². The molecule has 0 amide bonds. The molecule has 2 saturated carbocycles. The fraction of sp³-hybridized carbons (Fsp3) is 0.500. The highest BCUT2D eigenvalue weighted by Crippen LogP contribution is 2.60. The molecule has 124 valence electrons. The number of fused-ring (bicyclic) bond motifs is 2. The first-order chi connectivity index (χ1) is 10.8. The van der Waals surface area contributed by atoms with Crippen LogP contribution in [-0.4, -0.2) is 36.8 Å². The lowest BCUT2D eigenvalue weighted by Gasteiger charge is -2.27. The maximum absolute atomic E-state index is 11.6. The van der Waals surface area contributed by atoms with Crippen LogP contribution < -0.4 is 9.44 Å². The van der Waals surface area contributed by atoms with E-state index in [9.17, 15) is 13.5 Å². The van der Waals surface area contributed by atoms with Gasteiger partial charge in [-0.25, -0.2) is 4.72 Å². The number of nitrogens with zero attached hydrogens (tertiary/aromatic N) is 1. The zero-order valence-electron chi connectivity index (χ0n) is 12.4. The summed E-state index contributed by atoms with van der Waals surface area (Å²) in [7, 11) is -2.08. The number of hydrogen-bond donors (Lipinski definition) is 4. The first kappa shape index (κ1) is 15.3. The van der Waals surface area contributed by atoms with E-state index in [0.29, 0.717) is 17.9 Å². The lowest BCUT2D eigenvalue weighted by atomic mass is 9.86. The highest BCUT2D eigenvalue weighted by molar-refractivity contribution is 7.87. The SMILES string of the molecule is CNS(=O)(=O)N[C@H]1[C@@H]2C[C@](O)(c3cc(Cl)cc4[nH]ncc34)C[C@@H]21. The van der Waals surface area contributed by atoms with Crippen LogP contribution in [0.1, 0.15) is 18.4 Å². The molecule has 4 rings (SSSR count). The molecular formula is C14H17ClN4O3S. The molecule has 1 aromatic carbocycles. The fourth-order valence-corrected chi connectivity index (χ4v) is 4.94. The molecule has 1 heterocycles. The van der Waals surface area contributed by atoms with Crippen molar-refractivity contribution in [2.45, 2.75) is 24.5 Å². The average Bonchev–Trinajstić information content (AvgIpc) is 2.88. The Balaban J connectivity index is 1.60. The van der Waals surface area contributed by atoms with Crippen LogP contribution in [0, 0.1) is 11.8 Å². The Bertz CT molecular complexity index is 869. The monoisotopic (exact) mass is 356 g/mol. The number of H-pyrrole nitrogens is 1. The van der Waals surface area contributed by atoms with E-state index in [0.717, 1.165) is 16.5 Å². The van der Waals surface area contributed by atoms with E-state index in [-0.39, 0.29) is 17.9 Å². The molecular weight excluding hydrogens is 340 g/mol. The van der Waals surface area contributed by atoms with Crippen molar-refractivity contribution in [1.29, 1.82) is 0 Å². The molecule has 2 aliphatic carbocycles. The summed E-state index contributed by atoms with van der Waals surface area (Å²) in [6, 6.07) is 3.44. The third kappa shape index (κ3) is 2.45. The summed E-state index contributed by atoms with van der Waals surface area (Å²) >= 11 is 6.14. The van der Waals surface area contributed by atoms with Crippen LogP contribution in [0.3, 0.4) is 0 Å². The number of benzene rings is 1. The molecule has 2 aliphatic rings. The van der Waals surface area contributed by atoms with E-state index in [1.54, 1.807) is 18.3 Å². The van der Waals surface area contributed by atoms with Gasteiger partial charge in [-0.15, -0.1) is 0 Å². The van der Waals surface area contributed by atoms with Crippen molar-refractivity contribution in [3.05, 3.63) is 28.9 Å². The molecule has 0 radical (unpaired) electrons. The second-order valence-corrected chi connectivity index (χ2v) is 8.49. The van der Waals surface area contributed by atoms with Gasteiger partial charge >= 0.3 is 0 Å². The van der Waals surface area contributed by atoms with Gasteiger partial charge in [-0.05, 0) is 42.4 Å². The molecule has 1 aromatic heterocycles. The van der Waals surface area contributed by atoms with Crippen molar-refractivity contribution in [2.75, 3.05) is 7.05 Å². The molecule has 7 nitrogen and oxygen atoms in total. The molecule has 2 aromatic rings. The summed E-state index contributed by atoms with van der Waals surface area (Å²) in [6.45, 7) is 0. The maximum atomic E-state index is 11.6. The molecule has 0 bridgehead atoms. The second-order valence-electron chi connectivity index (χ2n) is 6.40. The van der Waals surface area contributed by atoms with Crippen LogP contribution in [0.5, 0.6) is 0 Å². The largest absolute Gasteiger partial charge is 0.385 e. The number of rotatable bonds is 4. The molecule has 4 N–H and O–H groups in total. The van der Waals surface area contributed by atoms with Crippen LogP contribution in [-0.2, 0) is 15.8 Å². The van der Waals surface area contributed by atoms with Gasteiger partial charge in [0.25, 0.3) is 10.2 Å². The average molecular weight is 357 g/mol. The van der Waals surface area contributed by atoms with Gasteiger partial charge in [-0.1, -0.05) is 11.6 Å². The molecule has 2 fully saturated rings. The molecule has 0 spiro atoms. The Morgan fingerprint density at radius 2 is 2.09 bits per heavy atom. The van der Waals surface area contributed by atoms with Crippen LogP contribution in [0.15, 0.2) is 18.3 Å². The van der Waals surface area contributed by atoms with Gasteiger partial charge in [0, 0.05) is 23.5 Å². The van der Waals surface area contributed by atoms with Gasteiger partial charge in [-0.2, -0.15) is 18.2 Å². The highest BCUT2D eigenvalue weighted by Gasteiger charge is 2.62. The Hall–Kier alpha value is -1.19. The van der Waals surface area contributed by atoms with Crippen LogP contribution in [0.2, 0.25) is 5.02 Å². The van der Waals surface area contributed by atoms with E-state index >= 15 is 0 Å². The van der Waals surface area contributed by atoms with Crippen molar-refractivity contribution >= 4 is 32.7 Å². The molecule has 23 heavy (non-hydrogen) atoms. The van der Waals surface area contributed by atoms with E-state index in [1.165, 1.54) is 7.05 Å². The second kappa shape index (κ2) is 4.90. The van der Waals surface area contributed by atoms with Crippen LogP contribution >= 0.6 is 11.6 Å². The molecule has 9 heteroatoms. The number of aliphatic hydroxyl groups is 1. The minimum atomic E-state index is -3.45. The maximum Gasteiger partial charge on any atom is 0.276 e. The predicted octanol–water partition coefficient (Wildman–Crippen LogP) is 0.866.